The number of aliphatic hydroxyl groups is 1. The second-order valence-electron chi connectivity index (χ2n) is 4.39. The van der Waals surface area contributed by atoms with Crippen molar-refractivity contribution in [3.05, 3.63) is 23.8 Å². The molecule has 0 amide bonds. The number of rotatable bonds is 1. The summed E-state index contributed by atoms with van der Waals surface area (Å²) < 4.78 is 0. The number of nitrogens with zero attached hydrogens (tertiary/aromatic N) is 2. The predicted octanol–water partition coefficient (Wildman–Crippen LogP) is 1.86. The van der Waals surface area contributed by atoms with Crippen LogP contribution in [0.25, 0.3) is 0 Å². The van der Waals surface area contributed by atoms with Crippen molar-refractivity contribution in [2.24, 2.45) is 5.41 Å². The minimum atomic E-state index is -0.604. The number of hydrogen-bond acceptors (Lipinski definition) is 3. The van der Waals surface area contributed by atoms with Gasteiger partial charge in [0, 0.05) is 12.4 Å². The Labute approximate surface area is 78.9 Å². The van der Waals surface area contributed by atoms with Gasteiger partial charge in [0.15, 0.2) is 5.82 Å². The number of aromatic nitrogens is 2. The van der Waals surface area contributed by atoms with Gasteiger partial charge in [-0.1, -0.05) is 20.8 Å². The molecule has 0 spiro atoms. The zero-order chi connectivity index (χ0) is 10.1. The van der Waals surface area contributed by atoms with Crippen LogP contribution in [0, 0.1) is 12.3 Å². The van der Waals surface area contributed by atoms with Crippen molar-refractivity contribution in [2.45, 2.75) is 33.8 Å². The van der Waals surface area contributed by atoms with Gasteiger partial charge in [-0.3, -0.25) is 0 Å². The van der Waals surface area contributed by atoms with Crippen LogP contribution in [0.1, 0.15) is 38.3 Å². The zero-order valence-electron chi connectivity index (χ0n) is 8.57. The van der Waals surface area contributed by atoms with Gasteiger partial charge in [0.1, 0.15) is 6.10 Å². The van der Waals surface area contributed by atoms with Gasteiger partial charge in [0.25, 0.3) is 0 Å². The van der Waals surface area contributed by atoms with Crippen molar-refractivity contribution >= 4 is 0 Å². The Balaban J connectivity index is 2.90. The molecule has 3 heteroatoms. The van der Waals surface area contributed by atoms with Gasteiger partial charge in [0.05, 0.1) is 0 Å². The predicted molar refractivity (Wildman–Crippen MR) is 51.2 cm³/mol. The van der Waals surface area contributed by atoms with Crippen LogP contribution in [0.5, 0.6) is 0 Å². The Hall–Kier alpha value is -0.960. The molecule has 1 aromatic heterocycles. The Morgan fingerprint density at radius 3 is 2.08 bits per heavy atom. The third kappa shape index (κ3) is 2.49. The Kier molecular flexibility index (Phi) is 2.66. The maximum atomic E-state index is 9.82. The maximum Gasteiger partial charge on any atom is 0.157 e. The van der Waals surface area contributed by atoms with Gasteiger partial charge in [-0.25, -0.2) is 9.97 Å². The van der Waals surface area contributed by atoms with Crippen molar-refractivity contribution in [3.63, 3.8) is 0 Å². The first-order valence-electron chi connectivity index (χ1n) is 4.38. The van der Waals surface area contributed by atoms with E-state index in [2.05, 4.69) is 9.97 Å². The molecule has 0 aliphatic carbocycles. The van der Waals surface area contributed by atoms with Gasteiger partial charge >= 0.3 is 0 Å². The van der Waals surface area contributed by atoms with Gasteiger partial charge in [-0.2, -0.15) is 0 Å². The highest BCUT2D eigenvalue weighted by atomic mass is 16.3. The molecule has 72 valence electrons. The third-order valence-corrected chi connectivity index (χ3v) is 1.87. The van der Waals surface area contributed by atoms with E-state index in [4.69, 9.17) is 0 Å². The van der Waals surface area contributed by atoms with E-state index < -0.39 is 6.10 Å². The number of aliphatic hydroxyl groups excluding tert-OH is 1. The van der Waals surface area contributed by atoms with Gasteiger partial charge in [-0.15, -0.1) is 0 Å². The average Bonchev–Trinajstić information content (AvgIpc) is 2.03. The van der Waals surface area contributed by atoms with Crippen LogP contribution in [0.3, 0.4) is 0 Å². The molecular formula is C10H16N2O. The summed E-state index contributed by atoms with van der Waals surface area (Å²) in [6.45, 7) is 7.80. The Bertz CT molecular complexity index is 274. The van der Waals surface area contributed by atoms with Crippen molar-refractivity contribution in [1.82, 2.24) is 9.97 Å². The normalized spacial score (nSPS) is 14.2. The van der Waals surface area contributed by atoms with E-state index in [0.717, 1.165) is 5.56 Å². The van der Waals surface area contributed by atoms with Crippen LogP contribution in [0.2, 0.25) is 0 Å². The first-order valence-corrected chi connectivity index (χ1v) is 4.38. The zero-order valence-corrected chi connectivity index (χ0v) is 8.57. The smallest absolute Gasteiger partial charge is 0.157 e. The van der Waals surface area contributed by atoms with E-state index in [1.54, 1.807) is 12.4 Å². The van der Waals surface area contributed by atoms with E-state index in [0.29, 0.717) is 5.82 Å². The fourth-order valence-corrected chi connectivity index (χ4v) is 0.931. The van der Waals surface area contributed by atoms with Gasteiger partial charge in [-0.05, 0) is 17.9 Å². The van der Waals surface area contributed by atoms with Crippen LogP contribution in [-0.2, 0) is 0 Å². The monoisotopic (exact) mass is 180 g/mol. The first-order chi connectivity index (χ1) is 5.91. The fraction of sp³-hybridized carbons (Fsp3) is 0.600. The lowest BCUT2D eigenvalue weighted by atomic mass is 9.89. The van der Waals surface area contributed by atoms with E-state index >= 15 is 0 Å². The van der Waals surface area contributed by atoms with E-state index in [1.165, 1.54) is 0 Å². The highest BCUT2D eigenvalue weighted by Gasteiger charge is 2.25. The van der Waals surface area contributed by atoms with Crippen LogP contribution in [0.15, 0.2) is 12.4 Å². The van der Waals surface area contributed by atoms with Crippen LogP contribution >= 0.6 is 0 Å². The SMILES string of the molecule is Cc1cnc(C(O)C(C)(C)C)nc1. The summed E-state index contributed by atoms with van der Waals surface area (Å²) in [5, 5.41) is 9.82. The van der Waals surface area contributed by atoms with E-state index in [9.17, 15) is 5.11 Å². The molecule has 3 nitrogen and oxygen atoms in total. The molecule has 0 saturated heterocycles. The highest BCUT2D eigenvalue weighted by Crippen LogP contribution is 2.29. The van der Waals surface area contributed by atoms with Crippen LogP contribution in [-0.4, -0.2) is 15.1 Å². The Morgan fingerprint density at radius 2 is 1.69 bits per heavy atom. The first kappa shape index (κ1) is 10.1. The summed E-state index contributed by atoms with van der Waals surface area (Å²) in [4.78, 5) is 8.17. The third-order valence-electron chi connectivity index (χ3n) is 1.87. The average molecular weight is 180 g/mol. The van der Waals surface area contributed by atoms with Crippen LogP contribution < -0.4 is 0 Å². The van der Waals surface area contributed by atoms with E-state index in [1.807, 2.05) is 27.7 Å². The van der Waals surface area contributed by atoms with Crippen molar-refractivity contribution in [2.75, 3.05) is 0 Å². The standard InChI is InChI=1S/C10H16N2O/c1-7-5-11-9(12-6-7)8(13)10(2,3)4/h5-6,8,13H,1-4H3. The minimum absolute atomic E-state index is 0.213. The summed E-state index contributed by atoms with van der Waals surface area (Å²) in [5.74, 6) is 0.498. The van der Waals surface area contributed by atoms with Gasteiger partial charge < -0.3 is 5.11 Å². The topological polar surface area (TPSA) is 46.0 Å². The summed E-state index contributed by atoms with van der Waals surface area (Å²) in [6, 6.07) is 0. The van der Waals surface area contributed by atoms with Crippen molar-refractivity contribution in [1.29, 1.82) is 0 Å². The van der Waals surface area contributed by atoms with Crippen molar-refractivity contribution < 1.29 is 5.11 Å². The minimum Gasteiger partial charge on any atom is -0.385 e. The molecule has 0 aliphatic heterocycles. The maximum absolute atomic E-state index is 9.82. The molecule has 0 fully saturated rings. The second-order valence-corrected chi connectivity index (χ2v) is 4.39. The lowest BCUT2D eigenvalue weighted by Gasteiger charge is -2.24. The number of aryl methyl sites for hydroxylation is 1. The second kappa shape index (κ2) is 3.42. The van der Waals surface area contributed by atoms with Gasteiger partial charge in [0.2, 0.25) is 0 Å². The summed E-state index contributed by atoms with van der Waals surface area (Å²) in [7, 11) is 0. The molecular weight excluding hydrogens is 164 g/mol. The molecule has 0 aromatic carbocycles. The summed E-state index contributed by atoms with van der Waals surface area (Å²) >= 11 is 0. The van der Waals surface area contributed by atoms with Crippen molar-refractivity contribution in [3.8, 4) is 0 Å². The summed E-state index contributed by atoms with van der Waals surface area (Å²) in [6.07, 6.45) is 2.84. The molecule has 0 bridgehead atoms. The molecule has 0 saturated carbocycles. The van der Waals surface area contributed by atoms with Crippen LogP contribution in [0.4, 0.5) is 0 Å². The number of hydrogen-bond donors (Lipinski definition) is 1. The molecule has 0 aliphatic rings. The molecule has 1 atom stereocenters. The summed E-state index contributed by atoms with van der Waals surface area (Å²) in [5.41, 5.74) is 0.791. The van der Waals surface area contributed by atoms with E-state index in [-0.39, 0.29) is 5.41 Å². The molecule has 1 aromatic rings. The quantitative estimate of drug-likeness (QED) is 0.717. The fourth-order valence-electron chi connectivity index (χ4n) is 0.931. The lowest BCUT2D eigenvalue weighted by Crippen LogP contribution is -2.20. The molecule has 0 radical (unpaired) electrons. The lowest BCUT2D eigenvalue weighted by molar-refractivity contribution is 0.0548. The molecule has 1 unspecified atom stereocenters. The highest BCUT2D eigenvalue weighted by molar-refractivity contribution is 5.04. The largest absolute Gasteiger partial charge is 0.385 e. The molecule has 1 heterocycles. The Morgan fingerprint density at radius 1 is 1.23 bits per heavy atom. The molecule has 13 heavy (non-hydrogen) atoms. The molecule has 1 N–H and O–H groups in total. The molecule has 1 rings (SSSR count).